The van der Waals surface area contributed by atoms with E-state index in [1.807, 2.05) is 13.0 Å². The molecule has 0 radical (unpaired) electrons. The van der Waals surface area contributed by atoms with Crippen LogP contribution in [0.15, 0.2) is 54.2 Å². The van der Waals surface area contributed by atoms with Crippen molar-refractivity contribution in [2.24, 2.45) is 0 Å². The minimum atomic E-state index is -0.520. The van der Waals surface area contributed by atoms with Crippen LogP contribution in [-0.4, -0.2) is 11.0 Å². The Balaban J connectivity index is 1.67. The molecule has 0 saturated heterocycles. The smallest absolute Gasteiger partial charge is 0.267 e. The standard InChI is InChI=1S/C22H23N3O2/c1-15(17-10-9-16-5-2-3-6-18(16)11-17)24-14-19(13-23)22(27)25-20-7-4-8-21(26)12-20/h4,7-12,14-15,24,26H,2-3,5-6H2,1H3,(H,25,27)/b19-14-. The van der Waals surface area contributed by atoms with Crippen molar-refractivity contribution in [1.29, 1.82) is 5.26 Å². The summed E-state index contributed by atoms with van der Waals surface area (Å²) >= 11 is 0. The molecule has 5 heteroatoms. The number of rotatable bonds is 5. The minimum absolute atomic E-state index is 0.0193. The molecule has 1 unspecified atom stereocenters. The molecule has 5 nitrogen and oxygen atoms in total. The summed E-state index contributed by atoms with van der Waals surface area (Å²) < 4.78 is 0. The van der Waals surface area contributed by atoms with Gasteiger partial charge in [-0.3, -0.25) is 4.79 Å². The number of benzene rings is 2. The second kappa shape index (κ2) is 8.41. The van der Waals surface area contributed by atoms with Crippen molar-refractivity contribution >= 4 is 11.6 Å². The van der Waals surface area contributed by atoms with Crippen LogP contribution < -0.4 is 10.6 Å². The average molecular weight is 361 g/mol. The van der Waals surface area contributed by atoms with Gasteiger partial charge in [0.15, 0.2) is 0 Å². The average Bonchev–Trinajstić information content (AvgIpc) is 2.68. The monoisotopic (exact) mass is 361 g/mol. The summed E-state index contributed by atoms with van der Waals surface area (Å²) in [5, 5.41) is 24.5. The molecule has 1 aliphatic rings. The highest BCUT2D eigenvalue weighted by molar-refractivity contribution is 6.06. The molecule has 1 atom stereocenters. The number of aryl methyl sites for hydroxylation is 2. The van der Waals surface area contributed by atoms with Crippen molar-refractivity contribution < 1.29 is 9.90 Å². The Labute approximate surface area is 159 Å². The molecule has 0 heterocycles. The summed E-state index contributed by atoms with van der Waals surface area (Å²) in [4.78, 5) is 12.3. The molecule has 138 valence electrons. The molecule has 0 saturated carbocycles. The van der Waals surface area contributed by atoms with E-state index in [9.17, 15) is 15.2 Å². The zero-order valence-electron chi connectivity index (χ0n) is 15.3. The molecule has 0 spiro atoms. The lowest BCUT2D eigenvalue weighted by atomic mass is 9.89. The highest BCUT2D eigenvalue weighted by atomic mass is 16.3. The van der Waals surface area contributed by atoms with E-state index in [2.05, 4.69) is 28.8 Å². The van der Waals surface area contributed by atoms with Crippen LogP contribution in [0.1, 0.15) is 42.5 Å². The third-order valence-electron chi connectivity index (χ3n) is 4.82. The van der Waals surface area contributed by atoms with Gasteiger partial charge in [-0.05, 0) is 61.4 Å². The molecule has 0 bridgehead atoms. The number of hydrogen-bond acceptors (Lipinski definition) is 4. The second-order valence-corrected chi connectivity index (χ2v) is 6.80. The van der Waals surface area contributed by atoms with E-state index >= 15 is 0 Å². The predicted molar refractivity (Wildman–Crippen MR) is 105 cm³/mol. The van der Waals surface area contributed by atoms with Gasteiger partial charge in [0.25, 0.3) is 5.91 Å². The zero-order valence-corrected chi connectivity index (χ0v) is 15.3. The molecular weight excluding hydrogens is 338 g/mol. The molecule has 1 aliphatic carbocycles. The largest absolute Gasteiger partial charge is 0.508 e. The Kier molecular flexibility index (Phi) is 5.77. The van der Waals surface area contributed by atoms with Crippen LogP contribution in [0.3, 0.4) is 0 Å². The van der Waals surface area contributed by atoms with Crippen LogP contribution in [-0.2, 0) is 17.6 Å². The molecule has 3 rings (SSSR count). The molecule has 2 aromatic rings. The lowest BCUT2D eigenvalue weighted by Gasteiger charge is -2.19. The van der Waals surface area contributed by atoms with Gasteiger partial charge in [-0.2, -0.15) is 5.26 Å². The van der Waals surface area contributed by atoms with Crippen LogP contribution in [0, 0.1) is 11.3 Å². The van der Waals surface area contributed by atoms with Gasteiger partial charge in [-0.15, -0.1) is 0 Å². The fourth-order valence-electron chi connectivity index (χ4n) is 3.26. The van der Waals surface area contributed by atoms with Crippen molar-refractivity contribution in [2.45, 2.75) is 38.6 Å². The Hall–Kier alpha value is -3.26. The van der Waals surface area contributed by atoms with Crippen LogP contribution in [0.25, 0.3) is 0 Å². The fraction of sp³-hybridized carbons (Fsp3) is 0.273. The van der Waals surface area contributed by atoms with E-state index in [0.717, 1.165) is 18.4 Å². The van der Waals surface area contributed by atoms with E-state index in [0.29, 0.717) is 5.69 Å². The number of nitrogens with one attached hydrogen (secondary N) is 2. The van der Waals surface area contributed by atoms with Gasteiger partial charge >= 0.3 is 0 Å². The third kappa shape index (κ3) is 4.68. The van der Waals surface area contributed by atoms with Gasteiger partial charge < -0.3 is 15.7 Å². The van der Waals surface area contributed by atoms with Gasteiger partial charge in [0, 0.05) is 24.0 Å². The first-order chi connectivity index (χ1) is 13.1. The third-order valence-corrected chi connectivity index (χ3v) is 4.82. The highest BCUT2D eigenvalue weighted by Crippen LogP contribution is 2.25. The maximum atomic E-state index is 12.3. The lowest BCUT2D eigenvalue weighted by Crippen LogP contribution is -2.19. The first-order valence-electron chi connectivity index (χ1n) is 9.15. The summed E-state index contributed by atoms with van der Waals surface area (Å²) in [5.74, 6) is -0.470. The number of carbonyl (C=O) groups is 1. The van der Waals surface area contributed by atoms with E-state index in [-0.39, 0.29) is 17.4 Å². The zero-order chi connectivity index (χ0) is 19.2. The van der Waals surface area contributed by atoms with Gasteiger partial charge in [-0.1, -0.05) is 24.3 Å². The Morgan fingerprint density at radius 3 is 2.70 bits per heavy atom. The van der Waals surface area contributed by atoms with Crippen molar-refractivity contribution in [1.82, 2.24) is 5.32 Å². The number of hydrogen-bond donors (Lipinski definition) is 3. The topological polar surface area (TPSA) is 85.2 Å². The second-order valence-electron chi connectivity index (χ2n) is 6.80. The molecule has 3 N–H and O–H groups in total. The van der Waals surface area contributed by atoms with Gasteiger partial charge in [0.05, 0.1) is 0 Å². The lowest BCUT2D eigenvalue weighted by molar-refractivity contribution is -0.112. The first kappa shape index (κ1) is 18.5. The number of fused-ring (bicyclic) bond motifs is 1. The van der Waals surface area contributed by atoms with Crippen LogP contribution in [0.4, 0.5) is 5.69 Å². The number of nitrogens with zero attached hydrogens (tertiary/aromatic N) is 1. The normalized spacial score (nSPS) is 14.6. The van der Waals surface area contributed by atoms with Crippen molar-refractivity contribution in [3.8, 4) is 11.8 Å². The van der Waals surface area contributed by atoms with E-state index in [4.69, 9.17) is 0 Å². The molecule has 0 aliphatic heterocycles. The predicted octanol–water partition coefficient (Wildman–Crippen LogP) is 3.97. The van der Waals surface area contributed by atoms with Crippen LogP contribution in [0.2, 0.25) is 0 Å². The van der Waals surface area contributed by atoms with E-state index in [1.165, 1.54) is 42.3 Å². The van der Waals surface area contributed by atoms with Crippen LogP contribution in [0.5, 0.6) is 5.75 Å². The maximum absolute atomic E-state index is 12.3. The fourth-order valence-corrected chi connectivity index (χ4v) is 3.26. The van der Waals surface area contributed by atoms with Crippen molar-refractivity contribution in [3.05, 3.63) is 70.9 Å². The molecule has 0 aromatic heterocycles. The summed E-state index contributed by atoms with van der Waals surface area (Å²) in [6.45, 7) is 2.00. The Morgan fingerprint density at radius 1 is 1.19 bits per heavy atom. The number of phenolic OH excluding ortho intramolecular Hbond substituents is 1. The molecular formula is C22H23N3O2. The first-order valence-corrected chi connectivity index (χ1v) is 9.15. The summed E-state index contributed by atoms with van der Waals surface area (Å²) in [5.41, 5.74) is 4.37. The number of anilines is 1. The van der Waals surface area contributed by atoms with E-state index in [1.54, 1.807) is 12.1 Å². The molecule has 0 fully saturated rings. The summed E-state index contributed by atoms with van der Waals surface area (Å²) in [7, 11) is 0. The number of carbonyl (C=O) groups excluding carboxylic acids is 1. The Bertz CT molecular complexity index is 912. The highest BCUT2D eigenvalue weighted by Gasteiger charge is 2.13. The number of aromatic hydroxyl groups is 1. The quantitative estimate of drug-likeness (QED) is 0.556. The maximum Gasteiger partial charge on any atom is 0.267 e. The molecule has 2 aromatic carbocycles. The summed E-state index contributed by atoms with van der Waals surface area (Å²) in [6.07, 6.45) is 6.18. The molecule has 27 heavy (non-hydrogen) atoms. The minimum Gasteiger partial charge on any atom is -0.508 e. The van der Waals surface area contributed by atoms with Crippen LogP contribution >= 0.6 is 0 Å². The SMILES string of the molecule is CC(N/C=C(/C#N)C(=O)Nc1cccc(O)c1)c1ccc2c(c1)CCCC2. The van der Waals surface area contributed by atoms with Crippen molar-refractivity contribution in [2.75, 3.05) is 5.32 Å². The van der Waals surface area contributed by atoms with E-state index < -0.39 is 5.91 Å². The van der Waals surface area contributed by atoms with Gasteiger partial charge in [-0.25, -0.2) is 0 Å². The number of phenols is 1. The van der Waals surface area contributed by atoms with Gasteiger partial charge in [0.1, 0.15) is 17.4 Å². The summed E-state index contributed by atoms with van der Waals surface area (Å²) in [6, 6.07) is 14.6. The Morgan fingerprint density at radius 2 is 1.96 bits per heavy atom. The molecule has 1 amide bonds. The number of nitriles is 1. The van der Waals surface area contributed by atoms with Crippen molar-refractivity contribution in [3.63, 3.8) is 0 Å². The van der Waals surface area contributed by atoms with Gasteiger partial charge in [0.2, 0.25) is 0 Å². The number of amides is 1.